The summed E-state index contributed by atoms with van der Waals surface area (Å²) in [4.78, 5) is 37.6. The predicted octanol–water partition coefficient (Wildman–Crippen LogP) is 2.93. The molecular formula is C26H33NO7. The summed E-state index contributed by atoms with van der Waals surface area (Å²) in [6.07, 6.45) is 0.931. The predicted molar refractivity (Wildman–Crippen MR) is 127 cm³/mol. The van der Waals surface area contributed by atoms with Crippen molar-refractivity contribution in [2.75, 3.05) is 13.1 Å². The maximum Gasteiger partial charge on any atom is 0.337 e. The van der Waals surface area contributed by atoms with Gasteiger partial charge in [-0.15, -0.1) is 0 Å². The van der Waals surface area contributed by atoms with E-state index in [4.69, 9.17) is 0 Å². The van der Waals surface area contributed by atoms with Crippen LogP contribution in [0.25, 0.3) is 0 Å². The van der Waals surface area contributed by atoms with E-state index in [2.05, 4.69) is 0 Å². The van der Waals surface area contributed by atoms with E-state index in [1.165, 1.54) is 0 Å². The zero-order chi connectivity index (χ0) is 25.1. The standard InChI is InChI=1S/C26H33NO7/c1-2-27(17-9-14-19-10-5-3-6-11-19)21(16-15-20-12-7-4-8-13-20)23(24(30)31)26(34,25(32)33)18-22(28)29/h3-8,10-13,21,23,34H,2,9,14-18H2,1H3,(H,28,29)(H,30,31)(H,32,33)/t21-,23+,26-/m1/s1. The van der Waals surface area contributed by atoms with Crippen molar-refractivity contribution in [1.29, 1.82) is 0 Å². The van der Waals surface area contributed by atoms with Gasteiger partial charge >= 0.3 is 17.9 Å². The highest BCUT2D eigenvalue weighted by Crippen LogP contribution is 2.32. The fourth-order valence-electron chi connectivity index (χ4n) is 4.44. The van der Waals surface area contributed by atoms with Crippen molar-refractivity contribution in [2.24, 2.45) is 5.92 Å². The summed E-state index contributed by atoms with van der Waals surface area (Å²) >= 11 is 0. The van der Waals surface area contributed by atoms with Crippen molar-refractivity contribution in [1.82, 2.24) is 4.90 Å². The number of rotatable bonds is 15. The number of aryl methyl sites for hydroxylation is 2. The molecule has 0 heterocycles. The van der Waals surface area contributed by atoms with Crippen molar-refractivity contribution in [3.63, 3.8) is 0 Å². The van der Waals surface area contributed by atoms with Gasteiger partial charge in [-0.25, -0.2) is 4.79 Å². The highest BCUT2D eigenvalue weighted by Gasteiger charge is 2.54. The molecule has 0 bridgehead atoms. The van der Waals surface area contributed by atoms with E-state index in [0.29, 0.717) is 25.9 Å². The van der Waals surface area contributed by atoms with Crippen LogP contribution in [-0.2, 0) is 27.2 Å². The van der Waals surface area contributed by atoms with Gasteiger partial charge in [-0.05, 0) is 49.9 Å². The molecule has 0 fully saturated rings. The lowest BCUT2D eigenvalue weighted by molar-refractivity contribution is -0.184. The van der Waals surface area contributed by atoms with Crippen molar-refractivity contribution < 1.29 is 34.8 Å². The zero-order valence-corrected chi connectivity index (χ0v) is 19.3. The summed E-state index contributed by atoms with van der Waals surface area (Å²) in [7, 11) is 0. The Kier molecular flexibility index (Phi) is 10.2. The summed E-state index contributed by atoms with van der Waals surface area (Å²) in [5, 5.41) is 39.9. The van der Waals surface area contributed by atoms with Crippen LogP contribution in [0.1, 0.15) is 37.3 Å². The quantitative estimate of drug-likeness (QED) is 0.311. The summed E-state index contributed by atoms with van der Waals surface area (Å²) in [5.74, 6) is -6.80. The van der Waals surface area contributed by atoms with Gasteiger partial charge in [-0.1, -0.05) is 67.6 Å². The first-order valence-corrected chi connectivity index (χ1v) is 11.4. The van der Waals surface area contributed by atoms with Gasteiger partial charge in [0.2, 0.25) is 0 Å². The second kappa shape index (κ2) is 12.9. The Balaban J connectivity index is 2.35. The second-order valence-electron chi connectivity index (χ2n) is 8.43. The van der Waals surface area contributed by atoms with Gasteiger partial charge < -0.3 is 20.4 Å². The molecule has 0 spiro atoms. The van der Waals surface area contributed by atoms with E-state index < -0.39 is 41.9 Å². The summed E-state index contributed by atoms with van der Waals surface area (Å²) < 4.78 is 0. The van der Waals surface area contributed by atoms with Gasteiger partial charge in [0, 0.05) is 6.04 Å². The van der Waals surface area contributed by atoms with Gasteiger partial charge in [0.15, 0.2) is 5.60 Å². The maximum absolute atomic E-state index is 12.4. The molecule has 2 aromatic carbocycles. The number of nitrogens with zero attached hydrogens (tertiary/aromatic N) is 1. The van der Waals surface area contributed by atoms with Crippen molar-refractivity contribution >= 4 is 17.9 Å². The van der Waals surface area contributed by atoms with Gasteiger partial charge in [0.1, 0.15) is 5.92 Å². The summed E-state index contributed by atoms with van der Waals surface area (Å²) in [6, 6.07) is 18.3. The summed E-state index contributed by atoms with van der Waals surface area (Å²) in [6.45, 7) is 2.73. The fraction of sp³-hybridized carbons (Fsp3) is 0.423. The smallest absolute Gasteiger partial charge is 0.337 e. The molecule has 8 nitrogen and oxygen atoms in total. The topological polar surface area (TPSA) is 135 Å². The first-order valence-electron chi connectivity index (χ1n) is 11.4. The van der Waals surface area contributed by atoms with Crippen LogP contribution in [0.5, 0.6) is 0 Å². The van der Waals surface area contributed by atoms with Crippen molar-refractivity contribution in [3.8, 4) is 0 Å². The largest absolute Gasteiger partial charge is 0.481 e. The Morgan fingerprint density at radius 1 is 0.882 bits per heavy atom. The molecule has 0 saturated heterocycles. The molecular weight excluding hydrogens is 438 g/mol. The highest BCUT2D eigenvalue weighted by atomic mass is 16.4. The molecule has 34 heavy (non-hydrogen) atoms. The number of aliphatic hydroxyl groups is 1. The second-order valence-corrected chi connectivity index (χ2v) is 8.43. The Labute approximate surface area is 199 Å². The third-order valence-corrected chi connectivity index (χ3v) is 6.16. The molecule has 0 aliphatic rings. The fourth-order valence-corrected chi connectivity index (χ4v) is 4.44. The molecule has 3 atom stereocenters. The highest BCUT2D eigenvalue weighted by molar-refractivity contribution is 5.90. The van der Waals surface area contributed by atoms with Crippen LogP contribution in [0.2, 0.25) is 0 Å². The van der Waals surface area contributed by atoms with E-state index in [1.54, 1.807) is 0 Å². The average Bonchev–Trinajstić information content (AvgIpc) is 2.80. The normalized spacial score (nSPS) is 14.8. The van der Waals surface area contributed by atoms with Gasteiger partial charge in [0.05, 0.1) is 6.42 Å². The van der Waals surface area contributed by atoms with Crippen LogP contribution in [0.3, 0.4) is 0 Å². The minimum atomic E-state index is -2.95. The lowest BCUT2D eigenvalue weighted by Gasteiger charge is -2.40. The molecule has 2 rings (SSSR count). The number of carboxylic acids is 3. The monoisotopic (exact) mass is 471 g/mol. The van der Waals surface area contributed by atoms with Crippen molar-refractivity contribution in [3.05, 3.63) is 71.8 Å². The Morgan fingerprint density at radius 3 is 1.85 bits per heavy atom. The van der Waals surface area contributed by atoms with Crippen LogP contribution in [0, 0.1) is 5.92 Å². The minimum absolute atomic E-state index is 0.245. The average molecular weight is 472 g/mol. The van der Waals surface area contributed by atoms with Crippen LogP contribution in [0.4, 0.5) is 0 Å². The molecule has 2 aromatic rings. The van der Waals surface area contributed by atoms with Crippen LogP contribution < -0.4 is 0 Å². The molecule has 184 valence electrons. The molecule has 8 heteroatoms. The van der Waals surface area contributed by atoms with E-state index in [-0.39, 0.29) is 6.42 Å². The van der Waals surface area contributed by atoms with Gasteiger partial charge in [-0.3, -0.25) is 14.5 Å². The van der Waals surface area contributed by atoms with E-state index in [9.17, 15) is 34.8 Å². The van der Waals surface area contributed by atoms with Crippen LogP contribution in [-0.4, -0.2) is 68.0 Å². The number of aliphatic carboxylic acids is 3. The molecule has 0 amide bonds. The third kappa shape index (κ3) is 7.40. The first kappa shape index (κ1) is 27.0. The number of carbonyl (C=O) groups is 3. The number of carboxylic acid groups (broad SMARTS) is 3. The lowest BCUT2D eigenvalue weighted by Crippen LogP contribution is -2.59. The molecule has 0 aromatic heterocycles. The van der Waals surface area contributed by atoms with Crippen LogP contribution >= 0.6 is 0 Å². The number of hydrogen-bond donors (Lipinski definition) is 4. The van der Waals surface area contributed by atoms with Crippen LogP contribution in [0.15, 0.2) is 60.7 Å². The Bertz CT molecular complexity index is 935. The Hall–Kier alpha value is -3.23. The minimum Gasteiger partial charge on any atom is -0.481 e. The zero-order valence-electron chi connectivity index (χ0n) is 19.3. The number of benzene rings is 2. The molecule has 0 radical (unpaired) electrons. The van der Waals surface area contributed by atoms with Crippen molar-refractivity contribution in [2.45, 2.75) is 50.7 Å². The number of hydrogen-bond acceptors (Lipinski definition) is 5. The first-order chi connectivity index (χ1) is 16.2. The third-order valence-electron chi connectivity index (χ3n) is 6.16. The van der Waals surface area contributed by atoms with E-state index in [0.717, 1.165) is 17.5 Å². The lowest BCUT2D eigenvalue weighted by atomic mass is 9.76. The van der Waals surface area contributed by atoms with Gasteiger partial charge in [0.25, 0.3) is 0 Å². The molecule has 0 saturated carbocycles. The molecule has 0 aliphatic heterocycles. The SMILES string of the molecule is CCN(CCCc1ccccc1)[C@H](CCc1ccccc1)[C@@H](C(=O)O)[C@](O)(CC(=O)O)C(=O)O. The molecule has 0 aliphatic carbocycles. The maximum atomic E-state index is 12.4. The summed E-state index contributed by atoms with van der Waals surface area (Å²) in [5.41, 5.74) is -0.887. The van der Waals surface area contributed by atoms with E-state index in [1.807, 2.05) is 72.5 Å². The van der Waals surface area contributed by atoms with E-state index >= 15 is 0 Å². The Morgan fingerprint density at radius 2 is 1.41 bits per heavy atom. The molecule has 0 unspecified atom stereocenters. The molecule has 4 N–H and O–H groups in total. The van der Waals surface area contributed by atoms with Gasteiger partial charge in [-0.2, -0.15) is 0 Å².